The molecule has 1 aromatic rings. The molecule has 2 rings (SSSR count). The fourth-order valence-electron chi connectivity index (χ4n) is 2.19. The van der Waals surface area contributed by atoms with E-state index in [1.165, 1.54) is 0 Å². The minimum atomic E-state index is -0.425. The highest BCUT2D eigenvalue weighted by molar-refractivity contribution is 6.07. The summed E-state index contributed by atoms with van der Waals surface area (Å²) < 4.78 is 0. The molecule has 96 valence electrons. The van der Waals surface area contributed by atoms with Crippen LogP contribution >= 0.6 is 0 Å². The third-order valence-electron chi connectivity index (χ3n) is 3.22. The minimum absolute atomic E-state index is 0.0288. The first-order valence-electron chi connectivity index (χ1n) is 6.17. The first-order valence-corrected chi connectivity index (χ1v) is 6.17. The number of carbonyl (C=O) groups excluding carboxylic acids is 2. The molecule has 1 heterocycles. The standard InChI is InChI=1S/C14H18N2O2/c1-9(2)13-14(18)16(8-12(17)15-13)11-7-5-4-6-10(11)3/h4-7,9,13H,8H2,1-3H3,(H,15,17). The van der Waals surface area contributed by atoms with Crippen molar-refractivity contribution in [1.82, 2.24) is 5.32 Å². The highest BCUT2D eigenvalue weighted by atomic mass is 16.2. The summed E-state index contributed by atoms with van der Waals surface area (Å²) >= 11 is 0. The summed E-state index contributed by atoms with van der Waals surface area (Å²) in [5.74, 6) is -0.0382. The Bertz CT molecular complexity index is 482. The summed E-state index contributed by atoms with van der Waals surface area (Å²) in [6.07, 6.45) is 0. The molecule has 4 nitrogen and oxygen atoms in total. The molecule has 0 spiro atoms. The Balaban J connectivity index is 2.35. The lowest BCUT2D eigenvalue weighted by Gasteiger charge is -2.35. The number of para-hydroxylation sites is 1. The molecule has 1 atom stereocenters. The summed E-state index contributed by atoms with van der Waals surface area (Å²) in [4.78, 5) is 25.7. The number of carbonyl (C=O) groups is 2. The maximum atomic E-state index is 12.4. The monoisotopic (exact) mass is 246 g/mol. The van der Waals surface area contributed by atoms with Gasteiger partial charge in [-0.1, -0.05) is 32.0 Å². The average Bonchev–Trinajstić information content (AvgIpc) is 2.32. The molecule has 1 aliphatic rings. The van der Waals surface area contributed by atoms with Crippen LogP contribution in [0.5, 0.6) is 0 Å². The fraction of sp³-hybridized carbons (Fsp3) is 0.429. The Morgan fingerprint density at radius 3 is 2.56 bits per heavy atom. The summed E-state index contributed by atoms with van der Waals surface area (Å²) in [5.41, 5.74) is 1.83. The van der Waals surface area contributed by atoms with E-state index in [-0.39, 0.29) is 24.3 Å². The lowest BCUT2D eigenvalue weighted by molar-refractivity contribution is -0.132. The van der Waals surface area contributed by atoms with Crippen molar-refractivity contribution >= 4 is 17.5 Å². The van der Waals surface area contributed by atoms with Crippen molar-refractivity contribution in [3.05, 3.63) is 29.8 Å². The topological polar surface area (TPSA) is 49.4 Å². The van der Waals surface area contributed by atoms with Crippen LogP contribution in [-0.4, -0.2) is 24.4 Å². The van der Waals surface area contributed by atoms with Gasteiger partial charge >= 0.3 is 0 Å². The quantitative estimate of drug-likeness (QED) is 0.859. The molecule has 1 unspecified atom stereocenters. The number of amides is 2. The van der Waals surface area contributed by atoms with E-state index in [0.717, 1.165) is 11.3 Å². The SMILES string of the molecule is Cc1ccccc1N1CC(=O)NC(C(C)C)C1=O. The molecule has 1 fully saturated rings. The molecule has 1 aromatic carbocycles. The molecule has 4 heteroatoms. The van der Waals surface area contributed by atoms with Crippen LogP contribution in [-0.2, 0) is 9.59 Å². The van der Waals surface area contributed by atoms with E-state index in [2.05, 4.69) is 5.32 Å². The number of hydrogen-bond acceptors (Lipinski definition) is 2. The number of nitrogens with zero attached hydrogens (tertiary/aromatic N) is 1. The van der Waals surface area contributed by atoms with Gasteiger partial charge in [-0.2, -0.15) is 0 Å². The average molecular weight is 246 g/mol. The Kier molecular flexibility index (Phi) is 3.36. The maximum absolute atomic E-state index is 12.4. The number of nitrogens with one attached hydrogen (secondary N) is 1. The van der Waals surface area contributed by atoms with E-state index in [9.17, 15) is 9.59 Å². The largest absolute Gasteiger partial charge is 0.342 e. The van der Waals surface area contributed by atoms with E-state index in [4.69, 9.17) is 0 Å². The molecule has 0 saturated carbocycles. The molecule has 0 aliphatic carbocycles. The highest BCUT2D eigenvalue weighted by Gasteiger charge is 2.35. The minimum Gasteiger partial charge on any atom is -0.342 e. The van der Waals surface area contributed by atoms with E-state index in [1.807, 2.05) is 45.0 Å². The third kappa shape index (κ3) is 2.23. The van der Waals surface area contributed by atoms with E-state index in [1.54, 1.807) is 4.90 Å². The second kappa shape index (κ2) is 4.80. The zero-order chi connectivity index (χ0) is 13.3. The van der Waals surface area contributed by atoms with Crippen LogP contribution in [0.2, 0.25) is 0 Å². The normalized spacial score (nSPS) is 20.2. The van der Waals surface area contributed by atoms with Gasteiger partial charge in [-0.15, -0.1) is 0 Å². The highest BCUT2D eigenvalue weighted by Crippen LogP contribution is 2.23. The van der Waals surface area contributed by atoms with Gasteiger partial charge in [0.2, 0.25) is 11.8 Å². The first-order chi connectivity index (χ1) is 8.50. The van der Waals surface area contributed by atoms with Crippen LogP contribution in [0, 0.1) is 12.8 Å². The van der Waals surface area contributed by atoms with Gasteiger partial charge in [0.15, 0.2) is 0 Å². The molecule has 0 aromatic heterocycles. The molecular formula is C14H18N2O2. The fourth-order valence-corrected chi connectivity index (χ4v) is 2.19. The predicted octanol–water partition coefficient (Wildman–Crippen LogP) is 1.48. The van der Waals surface area contributed by atoms with Crippen LogP contribution in [0.1, 0.15) is 19.4 Å². The smallest absolute Gasteiger partial charge is 0.250 e. The van der Waals surface area contributed by atoms with Gasteiger partial charge in [-0.05, 0) is 24.5 Å². The van der Waals surface area contributed by atoms with Crippen LogP contribution in [0.15, 0.2) is 24.3 Å². The second-order valence-electron chi connectivity index (χ2n) is 5.00. The maximum Gasteiger partial charge on any atom is 0.250 e. The van der Waals surface area contributed by atoms with Crippen molar-refractivity contribution in [2.45, 2.75) is 26.8 Å². The zero-order valence-corrected chi connectivity index (χ0v) is 10.9. The first kappa shape index (κ1) is 12.6. The lowest BCUT2D eigenvalue weighted by Crippen LogP contribution is -2.60. The van der Waals surface area contributed by atoms with Gasteiger partial charge in [-0.25, -0.2) is 0 Å². The molecular weight excluding hydrogens is 228 g/mol. The van der Waals surface area contributed by atoms with E-state index >= 15 is 0 Å². The van der Waals surface area contributed by atoms with Crippen molar-refractivity contribution in [2.75, 3.05) is 11.4 Å². The Morgan fingerprint density at radius 2 is 1.94 bits per heavy atom. The third-order valence-corrected chi connectivity index (χ3v) is 3.22. The van der Waals surface area contributed by atoms with Gasteiger partial charge in [0.05, 0.1) is 0 Å². The summed E-state index contributed by atoms with van der Waals surface area (Å²) in [6.45, 7) is 5.92. The Labute approximate surface area is 107 Å². The van der Waals surface area contributed by atoms with Gasteiger partial charge < -0.3 is 10.2 Å². The summed E-state index contributed by atoms with van der Waals surface area (Å²) in [7, 11) is 0. The van der Waals surface area contributed by atoms with Crippen LogP contribution in [0.3, 0.4) is 0 Å². The number of piperazine rings is 1. The molecule has 1 saturated heterocycles. The number of aryl methyl sites for hydroxylation is 1. The zero-order valence-electron chi connectivity index (χ0n) is 10.9. The van der Waals surface area contributed by atoms with Gasteiger partial charge in [0.1, 0.15) is 12.6 Å². The number of benzene rings is 1. The lowest BCUT2D eigenvalue weighted by atomic mass is 10.00. The molecule has 0 radical (unpaired) electrons. The Hall–Kier alpha value is -1.84. The summed E-state index contributed by atoms with van der Waals surface area (Å²) in [5, 5.41) is 2.75. The van der Waals surface area contributed by atoms with Crippen LogP contribution < -0.4 is 10.2 Å². The van der Waals surface area contributed by atoms with E-state index in [0.29, 0.717) is 0 Å². The number of hydrogen-bond donors (Lipinski definition) is 1. The predicted molar refractivity (Wildman–Crippen MR) is 70.3 cm³/mol. The molecule has 1 N–H and O–H groups in total. The van der Waals surface area contributed by atoms with Gasteiger partial charge in [0, 0.05) is 5.69 Å². The van der Waals surface area contributed by atoms with Gasteiger partial charge in [-0.3, -0.25) is 9.59 Å². The van der Waals surface area contributed by atoms with Crippen molar-refractivity contribution in [2.24, 2.45) is 5.92 Å². The van der Waals surface area contributed by atoms with E-state index < -0.39 is 6.04 Å². The van der Waals surface area contributed by atoms with Crippen molar-refractivity contribution in [3.63, 3.8) is 0 Å². The molecule has 18 heavy (non-hydrogen) atoms. The number of anilines is 1. The van der Waals surface area contributed by atoms with Crippen molar-refractivity contribution in [3.8, 4) is 0 Å². The molecule has 2 amide bonds. The Morgan fingerprint density at radius 1 is 1.28 bits per heavy atom. The number of rotatable bonds is 2. The van der Waals surface area contributed by atoms with Crippen LogP contribution in [0.4, 0.5) is 5.69 Å². The molecule has 1 aliphatic heterocycles. The van der Waals surface area contributed by atoms with Crippen molar-refractivity contribution in [1.29, 1.82) is 0 Å². The molecule has 0 bridgehead atoms. The summed E-state index contributed by atoms with van der Waals surface area (Å²) in [6, 6.07) is 7.20. The van der Waals surface area contributed by atoms with Gasteiger partial charge in [0.25, 0.3) is 0 Å². The second-order valence-corrected chi connectivity index (χ2v) is 5.00. The van der Waals surface area contributed by atoms with Crippen molar-refractivity contribution < 1.29 is 9.59 Å². The van der Waals surface area contributed by atoms with Crippen LogP contribution in [0.25, 0.3) is 0 Å².